The number of carbonyl (C=O) groups is 2. The van der Waals surface area contributed by atoms with Crippen LogP contribution >= 0.6 is 15.9 Å². The molecule has 0 spiro atoms. The fourth-order valence-electron chi connectivity index (χ4n) is 1.55. The van der Waals surface area contributed by atoms with Crippen LogP contribution in [0.25, 0.3) is 6.08 Å². The number of hydrogen-bond acceptors (Lipinski definition) is 4. The Morgan fingerprint density at radius 3 is 2.52 bits per heavy atom. The molecular formula is C17H19BrN2O3. The maximum absolute atomic E-state index is 11.8. The van der Waals surface area contributed by atoms with Crippen LogP contribution in [0.2, 0.25) is 0 Å². The predicted octanol–water partition coefficient (Wildman–Crippen LogP) is 3.06. The molecule has 1 atom stereocenters. The lowest BCUT2D eigenvalue weighted by Gasteiger charge is -2.27. The summed E-state index contributed by atoms with van der Waals surface area (Å²) in [4.78, 5) is 23.4. The first-order valence-electron chi connectivity index (χ1n) is 7.09. The maximum Gasteiger partial charge on any atom is 0.331 e. The molecule has 0 aliphatic carbocycles. The number of nitrogens with one attached hydrogen (secondary N) is 1. The lowest BCUT2D eigenvalue weighted by atomic mass is 9.90. The highest BCUT2D eigenvalue weighted by molar-refractivity contribution is 9.10. The summed E-state index contributed by atoms with van der Waals surface area (Å²) in [6.07, 6.45) is 2.85. The van der Waals surface area contributed by atoms with Gasteiger partial charge in [-0.2, -0.15) is 5.26 Å². The van der Waals surface area contributed by atoms with Gasteiger partial charge in [-0.1, -0.05) is 41.9 Å². The van der Waals surface area contributed by atoms with Crippen LogP contribution in [0.3, 0.4) is 0 Å². The van der Waals surface area contributed by atoms with Gasteiger partial charge in [-0.25, -0.2) is 4.79 Å². The van der Waals surface area contributed by atoms with Crippen LogP contribution in [0, 0.1) is 17.2 Å². The molecule has 0 fully saturated rings. The Morgan fingerprint density at radius 1 is 1.39 bits per heavy atom. The highest BCUT2D eigenvalue weighted by atomic mass is 79.9. The smallest absolute Gasteiger partial charge is 0.331 e. The van der Waals surface area contributed by atoms with E-state index in [0.29, 0.717) is 0 Å². The van der Waals surface area contributed by atoms with Gasteiger partial charge in [0.1, 0.15) is 5.54 Å². The van der Waals surface area contributed by atoms with Crippen LogP contribution in [0.1, 0.15) is 26.3 Å². The van der Waals surface area contributed by atoms with E-state index >= 15 is 0 Å². The SMILES string of the molecule is CC(C)[C@@](C)(C#N)NC(=O)COC(=O)/C=C/c1ccc(Br)cc1. The Balaban J connectivity index is 2.48. The van der Waals surface area contributed by atoms with Crippen molar-refractivity contribution in [2.24, 2.45) is 5.92 Å². The first kappa shape index (κ1) is 18.9. The van der Waals surface area contributed by atoms with Gasteiger partial charge in [0, 0.05) is 10.5 Å². The first-order chi connectivity index (χ1) is 10.8. The molecule has 0 saturated heterocycles. The number of nitrogens with zero attached hydrogens (tertiary/aromatic N) is 1. The van der Waals surface area contributed by atoms with Gasteiger partial charge in [0.2, 0.25) is 0 Å². The number of halogens is 1. The Labute approximate surface area is 144 Å². The van der Waals surface area contributed by atoms with E-state index in [-0.39, 0.29) is 5.92 Å². The standard InChI is InChI=1S/C17H19BrN2O3/c1-12(2)17(3,11-19)20-15(21)10-23-16(22)9-6-13-4-7-14(18)8-5-13/h4-9,12H,10H2,1-3H3,(H,20,21)/b9-6+/t17-/m1/s1. The molecule has 6 heteroatoms. The minimum absolute atomic E-state index is 0.0653. The Morgan fingerprint density at radius 2 is 2.00 bits per heavy atom. The average molecular weight is 379 g/mol. The minimum Gasteiger partial charge on any atom is -0.452 e. The van der Waals surface area contributed by atoms with Gasteiger partial charge in [0.25, 0.3) is 5.91 Å². The van der Waals surface area contributed by atoms with Crippen molar-refractivity contribution >= 4 is 33.9 Å². The van der Waals surface area contributed by atoms with Crippen molar-refractivity contribution in [1.82, 2.24) is 5.32 Å². The van der Waals surface area contributed by atoms with E-state index in [2.05, 4.69) is 27.3 Å². The third-order valence-corrected chi connectivity index (χ3v) is 3.94. The van der Waals surface area contributed by atoms with Crippen molar-refractivity contribution in [2.75, 3.05) is 6.61 Å². The van der Waals surface area contributed by atoms with Crippen molar-refractivity contribution < 1.29 is 14.3 Å². The second kappa shape index (κ2) is 8.49. The zero-order valence-electron chi connectivity index (χ0n) is 13.3. The molecule has 1 amide bonds. The summed E-state index contributed by atoms with van der Waals surface area (Å²) < 4.78 is 5.81. The number of rotatable bonds is 6. The van der Waals surface area contributed by atoms with E-state index in [0.717, 1.165) is 10.0 Å². The van der Waals surface area contributed by atoms with E-state index in [1.54, 1.807) is 13.0 Å². The summed E-state index contributed by atoms with van der Waals surface area (Å²) >= 11 is 3.32. The van der Waals surface area contributed by atoms with E-state index in [4.69, 9.17) is 10.00 Å². The number of esters is 1. The lowest BCUT2D eigenvalue weighted by molar-refractivity contribution is -0.144. The van der Waals surface area contributed by atoms with Crippen molar-refractivity contribution in [3.63, 3.8) is 0 Å². The van der Waals surface area contributed by atoms with Crippen LogP contribution < -0.4 is 5.32 Å². The van der Waals surface area contributed by atoms with Gasteiger partial charge in [0.15, 0.2) is 6.61 Å². The largest absolute Gasteiger partial charge is 0.452 e. The van der Waals surface area contributed by atoms with Crippen molar-refractivity contribution in [3.8, 4) is 6.07 Å². The molecule has 5 nitrogen and oxygen atoms in total. The molecule has 0 unspecified atom stereocenters. The van der Waals surface area contributed by atoms with Gasteiger partial charge >= 0.3 is 5.97 Å². The third kappa shape index (κ3) is 6.25. The van der Waals surface area contributed by atoms with E-state index in [1.165, 1.54) is 6.08 Å². The molecule has 1 aromatic rings. The van der Waals surface area contributed by atoms with E-state index in [9.17, 15) is 9.59 Å². The predicted molar refractivity (Wildman–Crippen MR) is 91.1 cm³/mol. The molecule has 1 N–H and O–H groups in total. The fourth-order valence-corrected chi connectivity index (χ4v) is 1.81. The number of benzene rings is 1. The van der Waals surface area contributed by atoms with Crippen molar-refractivity contribution in [2.45, 2.75) is 26.3 Å². The van der Waals surface area contributed by atoms with Crippen LogP contribution in [-0.2, 0) is 14.3 Å². The van der Waals surface area contributed by atoms with Gasteiger partial charge in [-0.05, 0) is 36.6 Å². The molecule has 23 heavy (non-hydrogen) atoms. The van der Waals surface area contributed by atoms with E-state index < -0.39 is 24.0 Å². The first-order valence-corrected chi connectivity index (χ1v) is 7.89. The molecule has 0 aromatic heterocycles. The number of hydrogen-bond donors (Lipinski definition) is 1. The van der Waals surface area contributed by atoms with Crippen LogP contribution in [0.4, 0.5) is 0 Å². The second-order valence-corrected chi connectivity index (χ2v) is 6.43. The summed E-state index contributed by atoms with van der Waals surface area (Å²) in [5.41, 5.74) is -0.150. The van der Waals surface area contributed by atoms with Gasteiger partial charge in [0.05, 0.1) is 6.07 Å². The quantitative estimate of drug-likeness (QED) is 0.609. The molecule has 122 valence electrons. The molecular weight excluding hydrogens is 360 g/mol. The van der Waals surface area contributed by atoms with Gasteiger partial charge in [-0.15, -0.1) is 0 Å². The third-order valence-electron chi connectivity index (χ3n) is 3.41. The fraction of sp³-hybridized carbons (Fsp3) is 0.353. The van der Waals surface area contributed by atoms with Crippen LogP contribution in [0.15, 0.2) is 34.8 Å². The summed E-state index contributed by atoms with van der Waals surface area (Å²) in [6.45, 7) is 4.87. The zero-order valence-corrected chi connectivity index (χ0v) is 14.9. The monoisotopic (exact) mass is 378 g/mol. The van der Waals surface area contributed by atoms with Crippen molar-refractivity contribution in [1.29, 1.82) is 5.26 Å². The molecule has 0 aliphatic rings. The molecule has 0 aliphatic heterocycles. The number of carbonyl (C=O) groups excluding carboxylic acids is 2. The number of nitriles is 1. The molecule has 1 rings (SSSR count). The number of ether oxygens (including phenoxy) is 1. The Hall–Kier alpha value is -2.13. The lowest BCUT2D eigenvalue weighted by Crippen LogP contribution is -2.50. The van der Waals surface area contributed by atoms with E-state index in [1.807, 2.05) is 38.1 Å². The van der Waals surface area contributed by atoms with Gasteiger partial charge in [-0.3, -0.25) is 4.79 Å². The number of amides is 1. The molecule has 0 saturated carbocycles. The summed E-state index contributed by atoms with van der Waals surface area (Å²) in [5, 5.41) is 11.7. The summed E-state index contributed by atoms with van der Waals surface area (Å²) in [5.74, 6) is -1.19. The molecule has 1 aromatic carbocycles. The topological polar surface area (TPSA) is 79.2 Å². The normalized spacial score (nSPS) is 13.4. The maximum atomic E-state index is 11.8. The second-order valence-electron chi connectivity index (χ2n) is 5.51. The molecule has 0 heterocycles. The highest BCUT2D eigenvalue weighted by Gasteiger charge is 2.30. The minimum atomic E-state index is -0.989. The molecule has 0 bridgehead atoms. The molecule has 0 radical (unpaired) electrons. The Kier molecular flexibility index (Phi) is 6.98. The highest BCUT2D eigenvalue weighted by Crippen LogP contribution is 2.15. The Bertz CT molecular complexity index is 632. The average Bonchev–Trinajstić information content (AvgIpc) is 2.52. The summed E-state index contributed by atoms with van der Waals surface area (Å²) in [6, 6.07) is 9.44. The summed E-state index contributed by atoms with van der Waals surface area (Å²) in [7, 11) is 0. The zero-order chi connectivity index (χ0) is 17.5. The van der Waals surface area contributed by atoms with Gasteiger partial charge < -0.3 is 10.1 Å². The van der Waals surface area contributed by atoms with Crippen LogP contribution in [0.5, 0.6) is 0 Å². The van der Waals surface area contributed by atoms with Crippen LogP contribution in [-0.4, -0.2) is 24.0 Å². The van der Waals surface area contributed by atoms with Crippen molar-refractivity contribution in [3.05, 3.63) is 40.4 Å².